The molecule has 1 nitrogen and oxygen atoms in total. The van der Waals surface area contributed by atoms with Crippen molar-refractivity contribution in [2.45, 2.75) is 0 Å². The Balaban J connectivity index is 2.48. The Morgan fingerprint density at radius 1 is 1.23 bits per heavy atom. The summed E-state index contributed by atoms with van der Waals surface area (Å²) in [4.78, 5) is 0. The van der Waals surface area contributed by atoms with E-state index in [2.05, 4.69) is 0 Å². The van der Waals surface area contributed by atoms with Crippen molar-refractivity contribution in [1.82, 2.24) is 0 Å². The summed E-state index contributed by atoms with van der Waals surface area (Å²) in [6, 6.07) is 7.47. The highest BCUT2D eigenvalue weighted by molar-refractivity contribution is 7.60. The molecule has 0 saturated heterocycles. The lowest BCUT2D eigenvalue weighted by Gasteiger charge is -2.03. The van der Waals surface area contributed by atoms with E-state index in [0.29, 0.717) is 5.02 Å². The van der Waals surface area contributed by atoms with E-state index in [-0.39, 0.29) is 0 Å². The second-order valence-electron chi connectivity index (χ2n) is 2.78. The summed E-state index contributed by atoms with van der Waals surface area (Å²) < 4.78 is 11.5. The Morgan fingerprint density at radius 2 is 2.00 bits per heavy atom. The van der Waals surface area contributed by atoms with E-state index in [1.165, 1.54) is 0 Å². The Morgan fingerprint density at radius 3 is 2.62 bits per heavy atom. The summed E-state index contributed by atoms with van der Waals surface area (Å²) in [5, 5.41) is 1.52. The van der Waals surface area contributed by atoms with Gasteiger partial charge in [-0.1, -0.05) is 42.0 Å². The molecule has 0 bridgehead atoms. The largest absolute Gasteiger partial charge is 0.318 e. The molecule has 66 valence electrons. The summed E-state index contributed by atoms with van der Waals surface area (Å²) in [5.41, 5.74) is 0.887. The molecule has 1 unspecified atom stereocenters. The first kappa shape index (κ1) is 8.80. The summed E-state index contributed by atoms with van der Waals surface area (Å²) in [6.07, 6.45) is 3.68. The van der Waals surface area contributed by atoms with Crippen LogP contribution in [0, 0.1) is 0 Å². The fraction of sp³-hybridized carbons (Fsp3) is 0. The van der Waals surface area contributed by atoms with E-state index >= 15 is 0 Å². The maximum atomic E-state index is 11.5. The van der Waals surface area contributed by atoms with Crippen molar-refractivity contribution >= 4 is 24.7 Å². The van der Waals surface area contributed by atoms with Crippen LogP contribution in [-0.4, -0.2) is 0 Å². The van der Waals surface area contributed by atoms with Crippen molar-refractivity contribution in [1.29, 1.82) is 0 Å². The van der Waals surface area contributed by atoms with Gasteiger partial charge in [0, 0.05) is 15.9 Å². The highest BCUT2D eigenvalue weighted by atomic mass is 35.5. The number of benzene rings is 1. The molecule has 0 saturated carbocycles. The minimum Gasteiger partial charge on any atom is -0.318 e. The van der Waals surface area contributed by atoms with Gasteiger partial charge in [-0.3, -0.25) is 0 Å². The summed E-state index contributed by atoms with van der Waals surface area (Å²) >= 11 is 5.98. The number of hydrogen-bond acceptors (Lipinski definition) is 1. The number of halogens is 1. The summed E-state index contributed by atoms with van der Waals surface area (Å²) in [5.74, 6) is 1.73. The van der Waals surface area contributed by atoms with E-state index in [0.717, 1.165) is 10.9 Å². The van der Waals surface area contributed by atoms with Gasteiger partial charge in [0.1, 0.15) is 7.80 Å². The molecule has 1 aromatic carbocycles. The fourth-order valence-electron chi connectivity index (χ4n) is 1.31. The van der Waals surface area contributed by atoms with E-state index in [9.17, 15) is 4.57 Å². The van der Waals surface area contributed by atoms with E-state index in [4.69, 9.17) is 11.6 Å². The molecule has 0 aromatic heterocycles. The van der Waals surface area contributed by atoms with Crippen molar-refractivity contribution in [2.75, 3.05) is 0 Å². The molecule has 1 heterocycles. The summed E-state index contributed by atoms with van der Waals surface area (Å²) in [7, 11) is -1.72. The molecular weight excluding hydrogens is 203 g/mol. The normalized spacial score (nSPS) is 20.4. The van der Waals surface area contributed by atoms with Crippen LogP contribution in [0.5, 0.6) is 0 Å². The zero-order chi connectivity index (χ0) is 9.26. The lowest BCUT2D eigenvalue weighted by molar-refractivity contribution is 0.598. The first-order valence-electron chi connectivity index (χ1n) is 3.96. The second kappa shape index (κ2) is 3.53. The van der Waals surface area contributed by atoms with Gasteiger partial charge in [0.05, 0.1) is 0 Å². The third kappa shape index (κ3) is 1.63. The number of hydrogen-bond donors (Lipinski definition) is 0. The van der Waals surface area contributed by atoms with Crippen LogP contribution >= 0.6 is 19.4 Å². The van der Waals surface area contributed by atoms with Gasteiger partial charge >= 0.3 is 0 Å². The molecule has 0 amide bonds. The SMILES string of the molecule is O=[PH]1C=CC=C1c1ccccc1Cl. The monoisotopic (exact) mass is 210 g/mol. The molecule has 0 radical (unpaired) electrons. The smallest absolute Gasteiger partial charge is 0.125 e. The van der Waals surface area contributed by atoms with Crippen molar-refractivity contribution in [3.63, 3.8) is 0 Å². The van der Waals surface area contributed by atoms with Crippen LogP contribution in [-0.2, 0) is 4.57 Å². The minimum absolute atomic E-state index is 0.663. The fourth-order valence-corrected chi connectivity index (χ4v) is 2.82. The van der Waals surface area contributed by atoms with Crippen LogP contribution in [0.3, 0.4) is 0 Å². The van der Waals surface area contributed by atoms with Gasteiger partial charge < -0.3 is 4.57 Å². The van der Waals surface area contributed by atoms with Crippen LogP contribution in [0.15, 0.2) is 42.2 Å². The Kier molecular flexibility index (Phi) is 2.39. The van der Waals surface area contributed by atoms with Crippen LogP contribution in [0.25, 0.3) is 5.31 Å². The molecule has 2 rings (SSSR count). The van der Waals surface area contributed by atoms with E-state index in [1.54, 1.807) is 5.82 Å². The first-order chi connectivity index (χ1) is 6.29. The molecule has 0 spiro atoms. The van der Waals surface area contributed by atoms with Crippen molar-refractivity contribution < 1.29 is 4.57 Å². The molecule has 0 fully saturated rings. The highest BCUT2D eigenvalue weighted by Gasteiger charge is 2.12. The van der Waals surface area contributed by atoms with Crippen molar-refractivity contribution in [2.24, 2.45) is 0 Å². The van der Waals surface area contributed by atoms with Gasteiger partial charge in [-0.2, -0.15) is 0 Å². The average molecular weight is 211 g/mol. The van der Waals surface area contributed by atoms with Crippen LogP contribution < -0.4 is 0 Å². The summed E-state index contributed by atoms with van der Waals surface area (Å²) in [6.45, 7) is 0. The van der Waals surface area contributed by atoms with Gasteiger partial charge in [-0.05, 0) is 11.9 Å². The Bertz CT molecular complexity index is 421. The predicted molar refractivity (Wildman–Crippen MR) is 57.6 cm³/mol. The van der Waals surface area contributed by atoms with Gasteiger partial charge in [0.2, 0.25) is 0 Å². The standard InChI is InChI=1S/C10H8ClOP/c11-9-5-2-1-4-8(9)10-6-3-7-13(10)12/h1-7,13H. The first-order valence-corrected chi connectivity index (χ1v) is 5.83. The average Bonchev–Trinajstić information content (AvgIpc) is 2.52. The maximum absolute atomic E-state index is 11.5. The van der Waals surface area contributed by atoms with Gasteiger partial charge in [-0.25, -0.2) is 0 Å². The molecule has 0 N–H and O–H groups in total. The van der Waals surface area contributed by atoms with Gasteiger partial charge in [-0.15, -0.1) is 0 Å². The maximum Gasteiger partial charge on any atom is 0.125 e. The zero-order valence-corrected chi connectivity index (χ0v) is 8.58. The zero-order valence-electron chi connectivity index (χ0n) is 6.83. The van der Waals surface area contributed by atoms with Crippen LogP contribution in [0.2, 0.25) is 5.02 Å². The topological polar surface area (TPSA) is 17.1 Å². The van der Waals surface area contributed by atoms with Crippen LogP contribution in [0.4, 0.5) is 0 Å². The van der Waals surface area contributed by atoms with Gasteiger partial charge in [0.25, 0.3) is 0 Å². The third-order valence-corrected chi connectivity index (χ3v) is 3.73. The molecular formula is C10H8ClOP. The van der Waals surface area contributed by atoms with E-state index < -0.39 is 7.80 Å². The number of allylic oxidation sites excluding steroid dienone is 2. The molecule has 13 heavy (non-hydrogen) atoms. The molecule has 0 aliphatic carbocycles. The van der Waals surface area contributed by atoms with Crippen molar-refractivity contribution in [3.05, 3.63) is 52.8 Å². The van der Waals surface area contributed by atoms with E-state index in [1.807, 2.05) is 36.4 Å². The minimum atomic E-state index is -1.72. The molecule has 1 aliphatic rings. The molecule has 1 atom stereocenters. The van der Waals surface area contributed by atoms with Crippen LogP contribution in [0.1, 0.15) is 5.56 Å². The Labute approximate surface area is 82.5 Å². The quantitative estimate of drug-likeness (QED) is 0.645. The van der Waals surface area contributed by atoms with Crippen molar-refractivity contribution in [3.8, 4) is 0 Å². The van der Waals surface area contributed by atoms with Gasteiger partial charge in [0.15, 0.2) is 0 Å². The highest BCUT2D eigenvalue weighted by Crippen LogP contribution is 2.46. The molecule has 1 aliphatic heterocycles. The molecule has 3 heteroatoms. The third-order valence-electron chi connectivity index (χ3n) is 1.94. The predicted octanol–water partition coefficient (Wildman–Crippen LogP) is 3.77. The lowest BCUT2D eigenvalue weighted by Crippen LogP contribution is -1.78. The Hall–Kier alpha value is -0.780. The second-order valence-corrected chi connectivity index (χ2v) is 4.79. The lowest BCUT2D eigenvalue weighted by atomic mass is 10.2. The number of rotatable bonds is 1. The molecule has 1 aromatic rings.